The lowest BCUT2D eigenvalue weighted by Gasteiger charge is -2.47. The zero-order valence-corrected chi connectivity index (χ0v) is 10.4. The number of hydrogen-bond acceptors (Lipinski definition) is 2. The Balaban J connectivity index is 2.35. The highest BCUT2D eigenvalue weighted by Gasteiger charge is 2.52. The van der Waals surface area contributed by atoms with Gasteiger partial charge in [0.2, 0.25) is 0 Å². The highest BCUT2D eigenvalue weighted by molar-refractivity contribution is 5.93. The van der Waals surface area contributed by atoms with Crippen LogP contribution in [0, 0.1) is 16.7 Å². The van der Waals surface area contributed by atoms with Gasteiger partial charge in [-0.1, -0.05) is 26.0 Å². The maximum absolute atomic E-state index is 11.9. The molecule has 2 nitrogen and oxygen atoms in total. The SMILES string of the molecule is CCC1(CC)C(=O)CC1c1cccc(C#N)c1. The molecule has 2 rings (SSSR count). The molecule has 17 heavy (non-hydrogen) atoms. The van der Waals surface area contributed by atoms with E-state index in [9.17, 15) is 4.79 Å². The Morgan fingerprint density at radius 3 is 2.65 bits per heavy atom. The summed E-state index contributed by atoms with van der Waals surface area (Å²) in [6, 6.07) is 9.85. The Kier molecular flexibility index (Phi) is 3.02. The first kappa shape index (κ1) is 11.9. The Bertz CT molecular complexity index is 480. The topological polar surface area (TPSA) is 40.9 Å². The highest BCUT2D eigenvalue weighted by Crippen LogP contribution is 2.54. The van der Waals surface area contributed by atoms with Crippen LogP contribution in [0.4, 0.5) is 0 Å². The van der Waals surface area contributed by atoms with E-state index in [1.807, 2.05) is 24.3 Å². The minimum Gasteiger partial charge on any atom is -0.299 e. The number of carbonyl (C=O) groups is 1. The summed E-state index contributed by atoms with van der Waals surface area (Å²) < 4.78 is 0. The van der Waals surface area contributed by atoms with Crippen molar-refractivity contribution in [2.24, 2.45) is 5.41 Å². The predicted molar refractivity (Wildman–Crippen MR) is 66.5 cm³/mol. The van der Waals surface area contributed by atoms with E-state index in [2.05, 4.69) is 19.9 Å². The third-order valence-corrected chi connectivity index (χ3v) is 4.29. The molecule has 0 aliphatic heterocycles. The first-order valence-corrected chi connectivity index (χ1v) is 6.21. The van der Waals surface area contributed by atoms with E-state index in [1.54, 1.807) is 0 Å². The molecule has 1 aliphatic rings. The lowest BCUT2D eigenvalue weighted by atomic mass is 9.54. The number of benzene rings is 1. The smallest absolute Gasteiger partial charge is 0.140 e. The maximum Gasteiger partial charge on any atom is 0.140 e. The molecule has 1 aromatic rings. The molecule has 0 saturated heterocycles. The largest absolute Gasteiger partial charge is 0.299 e. The monoisotopic (exact) mass is 227 g/mol. The molecular formula is C15H17NO. The van der Waals surface area contributed by atoms with Gasteiger partial charge in [0.25, 0.3) is 0 Å². The van der Waals surface area contributed by atoms with Crippen LogP contribution >= 0.6 is 0 Å². The fraction of sp³-hybridized carbons (Fsp3) is 0.467. The van der Waals surface area contributed by atoms with Crippen molar-refractivity contribution in [1.82, 2.24) is 0 Å². The summed E-state index contributed by atoms with van der Waals surface area (Å²) >= 11 is 0. The summed E-state index contributed by atoms with van der Waals surface area (Å²) in [6.07, 6.45) is 2.42. The van der Waals surface area contributed by atoms with Gasteiger partial charge in [-0.2, -0.15) is 5.26 Å². The van der Waals surface area contributed by atoms with Crippen molar-refractivity contribution in [3.63, 3.8) is 0 Å². The Labute approximate surface area is 102 Å². The minimum atomic E-state index is -0.173. The molecule has 1 unspecified atom stereocenters. The summed E-state index contributed by atoms with van der Waals surface area (Å²) in [5, 5.41) is 8.91. The fourth-order valence-electron chi connectivity index (χ4n) is 3.05. The highest BCUT2D eigenvalue weighted by atomic mass is 16.1. The van der Waals surface area contributed by atoms with Gasteiger partial charge in [-0.25, -0.2) is 0 Å². The zero-order valence-electron chi connectivity index (χ0n) is 10.4. The van der Waals surface area contributed by atoms with Crippen LogP contribution in [0.25, 0.3) is 0 Å². The second kappa shape index (κ2) is 4.33. The second-order valence-electron chi connectivity index (χ2n) is 4.78. The molecule has 0 radical (unpaired) electrons. The van der Waals surface area contributed by atoms with E-state index >= 15 is 0 Å². The second-order valence-corrected chi connectivity index (χ2v) is 4.78. The lowest BCUT2D eigenvalue weighted by Crippen LogP contribution is -2.47. The maximum atomic E-state index is 11.9. The molecule has 0 spiro atoms. The van der Waals surface area contributed by atoms with E-state index in [0.717, 1.165) is 18.4 Å². The standard InChI is InChI=1S/C15H17NO/c1-3-15(4-2)13(9-14(15)17)12-7-5-6-11(8-12)10-16/h5-8,13H,3-4,9H2,1-2H3. The number of Topliss-reactive ketones (excluding diaryl/α,β-unsaturated/α-hetero) is 1. The summed E-state index contributed by atoms with van der Waals surface area (Å²) in [5.74, 6) is 0.688. The molecule has 0 heterocycles. The van der Waals surface area contributed by atoms with Crippen LogP contribution in [0.3, 0.4) is 0 Å². The van der Waals surface area contributed by atoms with Gasteiger partial charge in [0, 0.05) is 17.8 Å². The molecule has 0 N–H and O–H groups in total. The Morgan fingerprint density at radius 1 is 1.41 bits per heavy atom. The van der Waals surface area contributed by atoms with E-state index < -0.39 is 0 Å². The number of rotatable bonds is 3. The normalized spacial score (nSPS) is 21.7. The van der Waals surface area contributed by atoms with Crippen LogP contribution in [-0.4, -0.2) is 5.78 Å². The minimum absolute atomic E-state index is 0.173. The van der Waals surface area contributed by atoms with Crippen molar-refractivity contribution < 1.29 is 4.79 Å². The van der Waals surface area contributed by atoms with Crippen LogP contribution < -0.4 is 0 Å². The third kappa shape index (κ3) is 1.67. The average Bonchev–Trinajstić information content (AvgIpc) is 2.37. The van der Waals surface area contributed by atoms with Crippen LogP contribution in [0.2, 0.25) is 0 Å². The molecule has 1 aliphatic carbocycles. The molecule has 0 bridgehead atoms. The summed E-state index contributed by atoms with van der Waals surface area (Å²) in [7, 11) is 0. The van der Waals surface area contributed by atoms with Crippen LogP contribution in [0.1, 0.15) is 50.2 Å². The molecule has 0 amide bonds. The first-order chi connectivity index (χ1) is 8.17. The zero-order chi connectivity index (χ0) is 12.5. The number of nitriles is 1. The predicted octanol–water partition coefficient (Wildman–Crippen LogP) is 3.42. The number of hydrogen-bond donors (Lipinski definition) is 0. The first-order valence-electron chi connectivity index (χ1n) is 6.21. The van der Waals surface area contributed by atoms with Gasteiger partial charge in [0.05, 0.1) is 11.6 Å². The van der Waals surface area contributed by atoms with Gasteiger partial charge in [0.1, 0.15) is 5.78 Å². The molecule has 88 valence electrons. The van der Waals surface area contributed by atoms with Crippen molar-refractivity contribution in [1.29, 1.82) is 5.26 Å². The van der Waals surface area contributed by atoms with Crippen molar-refractivity contribution in [2.75, 3.05) is 0 Å². The molecule has 1 fully saturated rings. The average molecular weight is 227 g/mol. The third-order valence-electron chi connectivity index (χ3n) is 4.29. The molecule has 1 aromatic carbocycles. The fourth-order valence-corrected chi connectivity index (χ4v) is 3.05. The molecule has 1 atom stereocenters. The molecule has 0 aromatic heterocycles. The number of nitrogens with zero attached hydrogens (tertiary/aromatic N) is 1. The Morgan fingerprint density at radius 2 is 2.12 bits per heavy atom. The van der Waals surface area contributed by atoms with E-state index in [4.69, 9.17) is 5.26 Å². The summed E-state index contributed by atoms with van der Waals surface area (Å²) in [4.78, 5) is 11.9. The van der Waals surface area contributed by atoms with Crippen molar-refractivity contribution in [2.45, 2.75) is 39.0 Å². The van der Waals surface area contributed by atoms with Gasteiger partial charge >= 0.3 is 0 Å². The van der Waals surface area contributed by atoms with Crippen molar-refractivity contribution in [3.05, 3.63) is 35.4 Å². The number of ketones is 1. The van der Waals surface area contributed by atoms with E-state index in [-0.39, 0.29) is 5.41 Å². The van der Waals surface area contributed by atoms with Crippen molar-refractivity contribution >= 4 is 5.78 Å². The van der Waals surface area contributed by atoms with Gasteiger partial charge in [0.15, 0.2) is 0 Å². The van der Waals surface area contributed by atoms with Crippen LogP contribution in [0.15, 0.2) is 24.3 Å². The van der Waals surface area contributed by atoms with Crippen LogP contribution in [-0.2, 0) is 4.79 Å². The Hall–Kier alpha value is -1.62. The van der Waals surface area contributed by atoms with Crippen molar-refractivity contribution in [3.8, 4) is 6.07 Å². The van der Waals surface area contributed by atoms with Gasteiger partial charge in [-0.05, 0) is 30.5 Å². The van der Waals surface area contributed by atoms with Gasteiger partial charge in [-0.15, -0.1) is 0 Å². The molecule has 2 heteroatoms. The molecular weight excluding hydrogens is 210 g/mol. The van der Waals surface area contributed by atoms with Gasteiger partial charge < -0.3 is 0 Å². The number of carbonyl (C=O) groups excluding carboxylic acids is 1. The lowest BCUT2D eigenvalue weighted by molar-refractivity contribution is -0.141. The summed E-state index contributed by atoms with van der Waals surface area (Å²) in [5.41, 5.74) is 1.66. The quantitative estimate of drug-likeness (QED) is 0.793. The van der Waals surface area contributed by atoms with Gasteiger partial charge in [-0.3, -0.25) is 4.79 Å². The summed E-state index contributed by atoms with van der Waals surface area (Å²) in [6.45, 7) is 4.17. The van der Waals surface area contributed by atoms with E-state index in [0.29, 0.717) is 23.7 Å². The molecule has 1 saturated carbocycles. The van der Waals surface area contributed by atoms with Crippen LogP contribution in [0.5, 0.6) is 0 Å². The van der Waals surface area contributed by atoms with E-state index in [1.165, 1.54) is 0 Å².